The van der Waals surface area contributed by atoms with Gasteiger partial charge in [-0.15, -0.1) is 13.2 Å². The third-order valence-corrected chi connectivity index (χ3v) is 6.37. The van der Waals surface area contributed by atoms with Crippen molar-refractivity contribution < 1.29 is 9.84 Å². The van der Waals surface area contributed by atoms with Gasteiger partial charge in [0, 0.05) is 6.20 Å². The Labute approximate surface area is 141 Å². The molecule has 1 unspecified atom stereocenters. The van der Waals surface area contributed by atoms with E-state index in [1.54, 1.807) is 17.2 Å². The molecule has 0 bridgehead atoms. The molecule has 2 aliphatic rings. The quantitative estimate of drug-likeness (QED) is 0.568. The lowest BCUT2D eigenvalue weighted by atomic mass is 10.0. The van der Waals surface area contributed by atoms with Crippen LogP contribution in [0.25, 0.3) is 0 Å². The number of hydrogen-bond acceptors (Lipinski definition) is 5. The number of aliphatic hydroxyl groups is 1. The zero-order valence-corrected chi connectivity index (χ0v) is 15.8. The molecule has 3 N–H and O–H groups in total. The largest absolute Gasteiger partial charge is 0.389 e. The molecule has 124 valence electrons. The molecule has 5 atom stereocenters. The summed E-state index contributed by atoms with van der Waals surface area (Å²) in [5.74, 6) is 1.16. The average molecular weight is 390 g/mol. The first-order valence-corrected chi connectivity index (χ1v) is 11.2. The maximum absolute atomic E-state index is 10.5. The van der Waals surface area contributed by atoms with Crippen LogP contribution in [0.15, 0.2) is 29.7 Å². The van der Waals surface area contributed by atoms with Crippen LogP contribution < -0.4 is 5.73 Å². The monoisotopic (exact) mass is 389 g/mol. The molecule has 22 heavy (non-hydrogen) atoms. The standard InChI is InChI=1S/C15H25BrN3O2P/c1-9(8-22(3,4)5)14-13(20)12(16)15(21-14)19-7-6-11(17)18-10(19)2/h6-7,9,12-15,20H,2-3,8H2,1,4-5H3,(H2,17,18)/t9?,12-,13+,14-,15-/m1/s1. The van der Waals surface area contributed by atoms with E-state index in [9.17, 15) is 5.11 Å². The van der Waals surface area contributed by atoms with Gasteiger partial charge >= 0.3 is 0 Å². The van der Waals surface area contributed by atoms with Crippen LogP contribution in [-0.4, -0.2) is 64.9 Å². The summed E-state index contributed by atoms with van der Waals surface area (Å²) >= 11 is 3.56. The van der Waals surface area contributed by atoms with Gasteiger partial charge in [-0.25, -0.2) is 4.99 Å². The third-order valence-electron chi connectivity index (χ3n) is 3.81. The summed E-state index contributed by atoms with van der Waals surface area (Å²) in [6.45, 7) is 9.22. The lowest BCUT2D eigenvalue weighted by molar-refractivity contribution is -0.0532. The summed E-state index contributed by atoms with van der Waals surface area (Å²) < 4.78 is 6.14. The minimum absolute atomic E-state index is 0.220. The molecule has 2 aliphatic heterocycles. The van der Waals surface area contributed by atoms with Crippen LogP contribution in [0.5, 0.6) is 0 Å². The lowest BCUT2D eigenvalue weighted by Gasteiger charge is -2.31. The molecular weight excluding hydrogens is 365 g/mol. The van der Waals surface area contributed by atoms with Crippen molar-refractivity contribution >= 4 is 35.0 Å². The Balaban J connectivity index is 2.12. The molecule has 0 aliphatic carbocycles. The fourth-order valence-corrected chi connectivity index (χ4v) is 5.41. The zero-order chi connectivity index (χ0) is 16.7. The van der Waals surface area contributed by atoms with Gasteiger partial charge in [-0.2, -0.15) is 0 Å². The molecule has 2 heterocycles. The second kappa shape index (κ2) is 6.52. The number of aliphatic imine (C=N–C) groups is 1. The second-order valence-electron chi connectivity index (χ2n) is 6.70. The van der Waals surface area contributed by atoms with Crippen molar-refractivity contribution in [2.45, 2.75) is 30.2 Å². The number of amidine groups is 1. The predicted octanol–water partition coefficient (Wildman–Crippen LogP) is 1.84. The fourth-order valence-electron chi connectivity index (χ4n) is 2.96. The first kappa shape index (κ1) is 17.8. The predicted molar refractivity (Wildman–Crippen MR) is 99.0 cm³/mol. The van der Waals surface area contributed by atoms with E-state index in [4.69, 9.17) is 10.5 Å². The van der Waals surface area contributed by atoms with Gasteiger partial charge in [-0.3, -0.25) is 0 Å². The van der Waals surface area contributed by atoms with E-state index in [-0.39, 0.29) is 23.1 Å². The third kappa shape index (κ3) is 3.85. The molecule has 0 radical (unpaired) electrons. The highest BCUT2D eigenvalue weighted by atomic mass is 79.9. The van der Waals surface area contributed by atoms with Crippen LogP contribution in [0.3, 0.4) is 0 Å². The zero-order valence-electron chi connectivity index (χ0n) is 13.3. The Morgan fingerprint density at radius 3 is 2.77 bits per heavy atom. The molecular formula is C15H25BrN3O2P. The number of rotatable bonds is 4. The maximum Gasteiger partial charge on any atom is 0.150 e. The van der Waals surface area contributed by atoms with E-state index in [2.05, 4.69) is 54.1 Å². The van der Waals surface area contributed by atoms with Crippen molar-refractivity contribution in [3.63, 3.8) is 0 Å². The molecule has 1 fully saturated rings. The van der Waals surface area contributed by atoms with Crippen LogP contribution in [-0.2, 0) is 4.74 Å². The highest BCUT2D eigenvalue weighted by Crippen LogP contribution is 2.42. The van der Waals surface area contributed by atoms with E-state index < -0.39 is 13.0 Å². The number of nitrogens with two attached hydrogens (primary N) is 1. The lowest BCUT2D eigenvalue weighted by Crippen LogP contribution is -2.38. The molecule has 1 saturated heterocycles. The average Bonchev–Trinajstić information content (AvgIpc) is 2.65. The Morgan fingerprint density at radius 1 is 1.59 bits per heavy atom. The van der Waals surface area contributed by atoms with Crippen molar-refractivity contribution in [2.24, 2.45) is 16.6 Å². The highest BCUT2D eigenvalue weighted by Gasteiger charge is 2.47. The first-order valence-electron chi connectivity index (χ1n) is 7.25. The summed E-state index contributed by atoms with van der Waals surface area (Å²) in [4.78, 5) is 5.73. The van der Waals surface area contributed by atoms with E-state index in [0.29, 0.717) is 11.7 Å². The molecule has 2 rings (SSSR count). The number of aliphatic hydroxyl groups excluding tert-OH is 1. The van der Waals surface area contributed by atoms with Crippen molar-refractivity contribution in [1.82, 2.24) is 4.90 Å². The normalized spacial score (nSPS) is 34.0. The molecule has 0 aromatic carbocycles. The van der Waals surface area contributed by atoms with E-state index in [1.807, 2.05) is 0 Å². The topological polar surface area (TPSA) is 71.1 Å². The van der Waals surface area contributed by atoms with E-state index in [1.165, 1.54) is 0 Å². The van der Waals surface area contributed by atoms with Crippen LogP contribution in [0.2, 0.25) is 0 Å². The Kier molecular flexibility index (Phi) is 5.27. The van der Waals surface area contributed by atoms with Crippen molar-refractivity contribution in [3.05, 3.63) is 24.7 Å². The molecule has 0 spiro atoms. The van der Waals surface area contributed by atoms with Gasteiger partial charge in [0.15, 0.2) is 6.23 Å². The van der Waals surface area contributed by atoms with Crippen LogP contribution >= 0.6 is 22.8 Å². The van der Waals surface area contributed by atoms with Gasteiger partial charge in [0.05, 0.1) is 17.0 Å². The van der Waals surface area contributed by atoms with E-state index >= 15 is 0 Å². The van der Waals surface area contributed by atoms with Gasteiger partial charge in [0.25, 0.3) is 0 Å². The van der Waals surface area contributed by atoms with Crippen LogP contribution in [0, 0.1) is 5.92 Å². The SMILES string of the molecule is C=C1N=C(N)C=CN1[C@@H]1O[C@H](C(C)CP(=C)(C)C)[C@@H](O)[C@H]1Br. The fraction of sp³-hybridized carbons (Fsp3) is 0.600. The molecule has 0 saturated carbocycles. The first-order chi connectivity index (χ1) is 10.1. The summed E-state index contributed by atoms with van der Waals surface area (Å²) in [6, 6.07) is 0. The number of ether oxygens (including phenoxy) is 1. The summed E-state index contributed by atoms with van der Waals surface area (Å²) in [5.41, 5.74) is 5.66. The smallest absolute Gasteiger partial charge is 0.150 e. The van der Waals surface area contributed by atoms with Gasteiger partial charge in [0.2, 0.25) is 0 Å². The van der Waals surface area contributed by atoms with Gasteiger partial charge in [-0.05, 0) is 31.5 Å². The Bertz CT molecular complexity index is 557. The molecule has 0 amide bonds. The van der Waals surface area contributed by atoms with Gasteiger partial charge < -0.3 is 20.5 Å². The van der Waals surface area contributed by atoms with Crippen molar-refractivity contribution in [2.75, 3.05) is 19.5 Å². The number of halogens is 1. The Hall–Kier alpha value is -0.550. The summed E-state index contributed by atoms with van der Waals surface area (Å²) in [6.07, 6.45) is 7.54. The molecule has 5 nitrogen and oxygen atoms in total. The van der Waals surface area contributed by atoms with Crippen molar-refractivity contribution in [3.8, 4) is 0 Å². The summed E-state index contributed by atoms with van der Waals surface area (Å²) in [5, 5.41) is 10.5. The number of nitrogens with zero attached hydrogens (tertiary/aromatic N) is 2. The molecule has 0 aromatic rings. The molecule has 0 aromatic heterocycles. The van der Waals surface area contributed by atoms with Crippen LogP contribution in [0.1, 0.15) is 6.92 Å². The maximum atomic E-state index is 10.5. The molecule has 7 heteroatoms. The Morgan fingerprint density at radius 2 is 2.23 bits per heavy atom. The second-order valence-corrected chi connectivity index (χ2v) is 12.0. The number of hydrogen-bond donors (Lipinski definition) is 2. The van der Waals surface area contributed by atoms with Crippen molar-refractivity contribution in [1.29, 1.82) is 0 Å². The number of alkyl halides is 1. The minimum Gasteiger partial charge on any atom is -0.389 e. The highest BCUT2D eigenvalue weighted by molar-refractivity contribution is 9.09. The minimum atomic E-state index is -1.18. The van der Waals surface area contributed by atoms with Gasteiger partial charge in [0.1, 0.15) is 11.7 Å². The van der Waals surface area contributed by atoms with E-state index in [0.717, 1.165) is 6.16 Å². The van der Waals surface area contributed by atoms with Gasteiger partial charge in [-0.1, -0.05) is 29.4 Å². The summed E-state index contributed by atoms with van der Waals surface area (Å²) in [7, 11) is 0. The van der Waals surface area contributed by atoms with Crippen LogP contribution in [0.4, 0.5) is 0 Å².